The Morgan fingerprint density at radius 2 is 1.88 bits per heavy atom. The van der Waals surface area contributed by atoms with Crippen molar-refractivity contribution in [3.05, 3.63) is 66.2 Å². The summed E-state index contributed by atoms with van der Waals surface area (Å²) in [5.74, 6) is 0.263. The van der Waals surface area contributed by atoms with Crippen LogP contribution in [0.3, 0.4) is 0 Å². The first-order valence-corrected chi connectivity index (χ1v) is 9.05. The van der Waals surface area contributed by atoms with E-state index in [1.165, 1.54) is 11.8 Å². The summed E-state index contributed by atoms with van der Waals surface area (Å²) in [4.78, 5) is 16.9. The summed E-state index contributed by atoms with van der Waals surface area (Å²) in [6, 6.07) is 20.0. The fourth-order valence-electron chi connectivity index (χ4n) is 2.87. The Labute approximate surface area is 150 Å². The van der Waals surface area contributed by atoms with Gasteiger partial charge in [0.25, 0.3) is 0 Å². The summed E-state index contributed by atoms with van der Waals surface area (Å²) in [7, 11) is 0. The molecule has 0 unspecified atom stereocenters. The monoisotopic (exact) mass is 347 g/mol. The number of carbonyl (C=O) groups excluding carboxylic acids is 1. The molecule has 5 heteroatoms. The zero-order valence-corrected chi connectivity index (χ0v) is 14.6. The molecule has 0 bridgehead atoms. The molecule has 1 heterocycles. The van der Waals surface area contributed by atoms with Gasteiger partial charge in [0, 0.05) is 11.1 Å². The largest absolute Gasteiger partial charge is 0.334 e. The molecule has 1 aliphatic rings. The van der Waals surface area contributed by atoms with E-state index in [-0.39, 0.29) is 5.91 Å². The number of benzene rings is 3. The van der Waals surface area contributed by atoms with E-state index in [0.717, 1.165) is 38.6 Å². The second-order valence-electron chi connectivity index (χ2n) is 5.87. The van der Waals surface area contributed by atoms with Gasteiger partial charge in [0.15, 0.2) is 5.17 Å². The number of aliphatic imine (C=N–C) groups is 1. The lowest BCUT2D eigenvalue weighted by atomic mass is 10.1. The summed E-state index contributed by atoms with van der Waals surface area (Å²) in [6.07, 6.45) is 0. The molecular formula is C20H17N3OS. The Hall–Kier alpha value is -2.79. The van der Waals surface area contributed by atoms with Gasteiger partial charge in [-0.1, -0.05) is 54.2 Å². The van der Waals surface area contributed by atoms with Crippen LogP contribution in [0.15, 0.2) is 65.7 Å². The van der Waals surface area contributed by atoms with Crippen LogP contribution in [-0.2, 0) is 4.79 Å². The number of hydrogen-bond donors (Lipinski definition) is 2. The molecule has 0 saturated heterocycles. The maximum atomic E-state index is 12.2. The third-order valence-corrected chi connectivity index (χ3v) is 4.98. The van der Waals surface area contributed by atoms with Crippen molar-refractivity contribution in [1.29, 1.82) is 0 Å². The summed E-state index contributed by atoms with van der Waals surface area (Å²) in [5.41, 5.74) is 3.87. The second-order valence-corrected chi connectivity index (χ2v) is 6.84. The van der Waals surface area contributed by atoms with Crippen molar-refractivity contribution in [2.24, 2.45) is 4.99 Å². The third-order valence-electron chi connectivity index (χ3n) is 4.11. The highest BCUT2D eigenvalue weighted by atomic mass is 32.2. The first-order valence-electron chi connectivity index (χ1n) is 8.06. The Morgan fingerprint density at radius 1 is 1.08 bits per heavy atom. The number of rotatable bonds is 3. The molecule has 3 aromatic carbocycles. The number of carbonyl (C=O) groups is 1. The number of amides is 1. The van der Waals surface area contributed by atoms with Gasteiger partial charge in [0.1, 0.15) is 0 Å². The Balaban J connectivity index is 1.47. The average molecular weight is 347 g/mol. The zero-order valence-electron chi connectivity index (χ0n) is 13.7. The minimum Gasteiger partial charge on any atom is -0.334 e. The maximum Gasteiger partial charge on any atom is 0.234 e. The van der Waals surface area contributed by atoms with E-state index in [0.29, 0.717) is 5.75 Å². The normalized spacial score (nSPS) is 12.4. The molecule has 0 aliphatic carbocycles. The Bertz CT molecular complexity index is 992. The topological polar surface area (TPSA) is 53.5 Å². The number of thioether (sulfide) groups is 1. The fraction of sp³-hybridized carbons (Fsp3) is 0.100. The molecule has 0 atom stereocenters. The molecule has 0 aromatic heterocycles. The molecule has 1 aliphatic heterocycles. The summed E-state index contributed by atoms with van der Waals surface area (Å²) < 4.78 is 0. The summed E-state index contributed by atoms with van der Waals surface area (Å²) in [6.45, 7) is 1.98. The van der Waals surface area contributed by atoms with Crippen LogP contribution in [0.5, 0.6) is 0 Å². The van der Waals surface area contributed by atoms with Crippen molar-refractivity contribution in [2.75, 3.05) is 16.4 Å². The van der Waals surface area contributed by atoms with Gasteiger partial charge in [0.2, 0.25) is 5.91 Å². The predicted octanol–water partition coefficient (Wildman–Crippen LogP) is 4.93. The summed E-state index contributed by atoms with van der Waals surface area (Å²) in [5, 5.41) is 9.30. The van der Waals surface area contributed by atoms with Crippen LogP contribution in [0.2, 0.25) is 0 Å². The van der Waals surface area contributed by atoms with Gasteiger partial charge in [-0.2, -0.15) is 0 Å². The van der Waals surface area contributed by atoms with Crippen molar-refractivity contribution in [1.82, 2.24) is 0 Å². The van der Waals surface area contributed by atoms with Crippen LogP contribution in [0, 0.1) is 6.92 Å². The summed E-state index contributed by atoms with van der Waals surface area (Å²) >= 11 is 1.41. The molecule has 0 spiro atoms. The van der Waals surface area contributed by atoms with Crippen LogP contribution in [0.1, 0.15) is 5.56 Å². The van der Waals surface area contributed by atoms with E-state index in [1.807, 2.05) is 55.5 Å². The number of para-hydroxylation sites is 1. The maximum absolute atomic E-state index is 12.2. The molecule has 0 fully saturated rings. The van der Waals surface area contributed by atoms with Crippen LogP contribution in [-0.4, -0.2) is 16.8 Å². The van der Waals surface area contributed by atoms with Gasteiger partial charge >= 0.3 is 0 Å². The van der Waals surface area contributed by atoms with Gasteiger partial charge < -0.3 is 10.6 Å². The number of nitrogens with one attached hydrogen (secondary N) is 2. The quantitative estimate of drug-likeness (QED) is 0.706. The smallest absolute Gasteiger partial charge is 0.234 e. The molecule has 3 aromatic rings. The van der Waals surface area contributed by atoms with Gasteiger partial charge in [-0.3, -0.25) is 4.79 Å². The number of amidine groups is 1. The van der Waals surface area contributed by atoms with Crippen molar-refractivity contribution in [2.45, 2.75) is 6.92 Å². The molecule has 1 amide bonds. The number of hydrogen-bond acceptors (Lipinski definition) is 4. The predicted molar refractivity (Wildman–Crippen MR) is 107 cm³/mol. The lowest BCUT2D eigenvalue weighted by Crippen LogP contribution is -2.19. The highest BCUT2D eigenvalue weighted by molar-refractivity contribution is 8.14. The van der Waals surface area contributed by atoms with Crippen LogP contribution in [0.4, 0.5) is 17.1 Å². The fourth-order valence-corrected chi connectivity index (χ4v) is 3.56. The van der Waals surface area contributed by atoms with E-state index in [4.69, 9.17) is 0 Å². The number of aryl methyl sites for hydroxylation is 1. The average Bonchev–Trinajstić information content (AvgIpc) is 2.62. The molecular weight excluding hydrogens is 330 g/mol. The molecule has 0 saturated carbocycles. The first kappa shape index (κ1) is 15.7. The molecule has 124 valence electrons. The Kier molecular flexibility index (Phi) is 4.15. The van der Waals surface area contributed by atoms with E-state index in [2.05, 4.69) is 27.8 Å². The standard InChI is InChI=1S/C20H17N3OS/c1-13-6-2-3-9-15(13)21-18(24)12-25-20-22-16-10-4-7-14-8-5-11-17(23-20)19(14)16/h2-11H,12H2,1H3,(H,21,24)(H,22,23). The van der Waals surface area contributed by atoms with Crippen LogP contribution >= 0.6 is 11.8 Å². The molecule has 25 heavy (non-hydrogen) atoms. The van der Waals surface area contributed by atoms with Gasteiger partial charge in [-0.15, -0.1) is 0 Å². The molecule has 4 nitrogen and oxygen atoms in total. The third kappa shape index (κ3) is 3.23. The highest BCUT2D eigenvalue weighted by Crippen LogP contribution is 2.36. The minimum absolute atomic E-state index is 0.0409. The lowest BCUT2D eigenvalue weighted by molar-refractivity contribution is -0.113. The molecule has 0 radical (unpaired) electrons. The van der Waals surface area contributed by atoms with Crippen LogP contribution < -0.4 is 10.6 Å². The molecule has 2 N–H and O–H groups in total. The van der Waals surface area contributed by atoms with E-state index >= 15 is 0 Å². The van der Waals surface area contributed by atoms with Crippen molar-refractivity contribution in [3.8, 4) is 0 Å². The highest BCUT2D eigenvalue weighted by Gasteiger charge is 2.15. The van der Waals surface area contributed by atoms with Crippen molar-refractivity contribution >= 4 is 50.7 Å². The molecule has 4 rings (SSSR count). The van der Waals surface area contributed by atoms with E-state index in [9.17, 15) is 4.79 Å². The van der Waals surface area contributed by atoms with Gasteiger partial charge in [-0.05, 0) is 36.1 Å². The van der Waals surface area contributed by atoms with E-state index in [1.54, 1.807) is 0 Å². The van der Waals surface area contributed by atoms with Gasteiger partial charge in [0.05, 0.1) is 17.1 Å². The lowest BCUT2D eigenvalue weighted by Gasteiger charge is -2.18. The first-order chi connectivity index (χ1) is 12.2. The number of nitrogens with zero attached hydrogens (tertiary/aromatic N) is 1. The van der Waals surface area contributed by atoms with Crippen molar-refractivity contribution in [3.63, 3.8) is 0 Å². The van der Waals surface area contributed by atoms with E-state index < -0.39 is 0 Å². The minimum atomic E-state index is -0.0409. The zero-order chi connectivity index (χ0) is 17.2. The number of anilines is 2. The van der Waals surface area contributed by atoms with Crippen molar-refractivity contribution < 1.29 is 4.79 Å². The SMILES string of the molecule is Cc1ccccc1NC(=O)CSC1=Nc2cccc3cccc(c23)N1. The Morgan fingerprint density at radius 3 is 2.72 bits per heavy atom. The van der Waals surface area contributed by atoms with Gasteiger partial charge in [-0.25, -0.2) is 4.99 Å². The van der Waals surface area contributed by atoms with Crippen LogP contribution in [0.25, 0.3) is 10.8 Å². The second kappa shape index (κ2) is 6.61.